The van der Waals surface area contributed by atoms with Crippen molar-refractivity contribution < 1.29 is 33.1 Å². The van der Waals surface area contributed by atoms with E-state index >= 15 is 0 Å². The van der Waals surface area contributed by atoms with Crippen molar-refractivity contribution in [2.45, 2.75) is 26.8 Å². The van der Waals surface area contributed by atoms with Gasteiger partial charge in [-0.3, -0.25) is 19.3 Å². The van der Waals surface area contributed by atoms with Gasteiger partial charge in [0.05, 0.1) is 25.7 Å². The molecule has 1 fully saturated rings. The van der Waals surface area contributed by atoms with Gasteiger partial charge in [0.15, 0.2) is 10.9 Å². The molecule has 0 N–H and O–H groups in total. The van der Waals surface area contributed by atoms with Gasteiger partial charge in [0.25, 0.3) is 5.91 Å². The topological polar surface area (TPSA) is 116 Å². The molecular formula is C24H22N2O7S. The molecule has 176 valence electrons. The first kappa shape index (κ1) is 23.4. The Morgan fingerprint density at radius 2 is 1.97 bits per heavy atom. The fraction of sp³-hybridized carbons (Fsp3) is 0.292. The standard InChI is InChI=1S/C24H22N2O7S/c1-5-32-23(30)21-13(3)25-24(34-21)26-18(16-7-6-10-33-16)17(20(28)22(26)29)19(27)14-8-9-15(31-4)12(2)11-14/h6-11,17-18H,5H2,1-4H3. The van der Waals surface area contributed by atoms with E-state index in [1.807, 2.05) is 0 Å². The Hall–Kier alpha value is -3.79. The van der Waals surface area contributed by atoms with Crippen molar-refractivity contribution in [3.05, 3.63) is 64.1 Å². The Morgan fingerprint density at radius 1 is 1.21 bits per heavy atom. The monoisotopic (exact) mass is 482 g/mol. The molecule has 1 aliphatic heterocycles. The lowest BCUT2D eigenvalue weighted by atomic mass is 9.88. The van der Waals surface area contributed by atoms with Gasteiger partial charge in [-0.15, -0.1) is 0 Å². The number of aromatic nitrogens is 1. The molecule has 3 heterocycles. The highest BCUT2D eigenvalue weighted by Crippen LogP contribution is 2.43. The molecule has 1 saturated heterocycles. The van der Waals surface area contributed by atoms with E-state index in [2.05, 4.69) is 4.98 Å². The molecule has 4 rings (SSSR count). The van der Waals surface area contributed by atoms with Crippen LogP contribution in [-0.2, 0) is 14.3 Å². The first-order valence-corrected chi connectivity index (χ1v) is 11.3. The summed E-state index contributed by atoms with van der Waals surface area (Å²) in [7, 11) is 1.52. The number of furan rings is 1. The number of hydrogen-bond donors (Lipinski definition) is 0. The molecule has 0 spiro atoms. The van der Waals surface area contributed by atoms with Crippen molar-refractivity contribution in [2.75, 3.05) is 18.6 Å². The first-order valence-electron chi connectivity index (χ1n) is 10.5. The lowest BCUT2D eigenvalue weighted by Gasteiger charge is -2.22. The quantitative estimate of drug-likeness (QED) is 0.217. The van der Waals surface area contributed by atoms with Crippen molar-refractivity contribution in [3.8, 4) is 5.75 Å². The maximum atomic E-state index is 13.5. The van der Waals surface area contributed by atoms with Crippen LogP contribution in [-0.4, -0.2) is 42.1 Å². The molecule has 3 aromatic rings. The molecule has 0 aliphatic carbocycles. The summed E-state index contributed by atoms with van der Waals surface area (Å²) < 4.78 is 15.8. The molecule has 10 heteroatoms. The number of esters is 1. The molecular weight excluding hydrogens is 460 g/mol. The number of aryl methyl sites for hydroxylation is 2. The lowest BCUT2D eigenvalue weighted by molar-refractivity contribution is -0.135. The second-order valence-electron chi connectivity index (χ2n) is 7.66. The van der Waals surface area contributed by atoms with Crippen LogP contribution < -0.4 is 9.64 Å². The summed E-state index contributed by atoms with van der Waals surface area (Å²) in [5.74, 6) is -3.35. The third-order valence-electron chi connectivity index (χ3n) is 5.55. The predicted octanol–water partition coefficient (Wildman–Crippen LogP) is 3.69. The predicted molar refractivity (Wildman–Crippen MR) is 122 cm³/mol. The van der Waals surface area contributed by atoms with Crippen molar-refractivity contribution in [1.82, 2.24) is 4.98 Å². The molecule has 0 bridgehead atoms. The molecule has 34 heavy (non-hydrogen) atoms. The van der Waals surface area contributed by atoms with E-state index in [1.165, 1.54) is 13.4 Å². The van der Waals surface area contributed by atoms with Gasteiger partial charge in [0.1, 0.15) is 28.3 Å². The Morgan fingerprint density at radius 3 is 2.59 bits per heavy atom. The number of benzene rings is 1. The highest BCUT2D eigenvalue weighted by molar-refractivity contribution is 7.17. The summed E-state index contributed by atoms with van der Waals surface area (Å²) in [5.41, 5.74) is 1.34. The second kappa shape index (κ2) is 9.22. The first-order chi connectivity index (χ1) is 16.3. The van der Waals surface area contributed by atoms with Crippen LogP contribution in [0, 0.1) is 19.8 Å². The van der Waals surface area contributed by atoms with Gasteiger partial charge in [0.2, 0.25) is 5.78 Å². The fourth-order valence-electron chi connectivity index (χ4n) is 3.97. The molecule has 2 unspecified atom stereocenters. The average molecular weight is 483 g/mol. The fourth-order valence-corrected chi connectivity index (χ4v) is 4.97. The number of methoxy groups -OCH3 is 1. The van der Waals surface area contributed by atoms with Crippen LogP contribution in [0.15, 0.2) is 41.0 Å². The summed E-state index contributed by atoms with van der Waals surface area (Å²) in [5, 5.41) is 0.113. The summed E-state index contributed by atoms with van der Waals surface area (Å²) in [6.45, 7) is 5.25. The van der Waals surface area contributed by atoms with Crippen LogP contribution in [0.2, 0.25) is 0 Å². The van der Waals surface area contributed by atoms with Crippen LogP contribution in [0.5, 0.6) is 5.75 Å². The SMILES string of the molecule is CCOC(=O)c1sc(N2C(=O)C(=O)C(C(=O)c3ccc(OC)c(C)c3)C2c2ccco2)nc1C. The van der Waals surface area contributed by atoms with E-state index in [0.717, 1.165) is 16.2 Å². The number of Topliss-reactive ketones (excluding diaryl/α,β-unsaturated/α-hetero) is 2. The van der Waals surface area contributed by atoms with Gasteiger partial charge in [-0.25, -0.2) is 9.78 Å². The number of rotatable bonds is 7. The van der Waals surface area contributed by atoms with E-state index in [0.29, 0.717) is 17.0 Å². The zero-order valence-corrected chi connectivity index (χ0v) is 19.8. The maximum absolute atomic E-state index is 13.5. The summed E-state index contributed by atoms with van der Waals surface area (Å²) in [6, 6.07) is 6.96. The number of amides is 1. The number of carbonyl (C=O) groups is 4. The smallest absolute Gasteiger partial charge is 0.350 e. The second-order valence-corrected chi connectivity index (χ2v) is 8.63. The van der Waals surface area contributed by atoms with Gasteiger partial charge in [-0.2, -0.15) is 0 Å². The molecule has 2 aromatic heterocycles. The molecule has 1 aromatic carbocycles. The minimum atomic E-state index is -1.35. The number of ketones is 2. The number of nitrogens with zero attached hydrogens (tertiary/aromatic N) is 2. The number of carbonyl (C=O) groups excluding carboxylic acids is 4. The third-order valence-corrected chi connectivity index (χ3v) is 6.69. The summed E-state index contributed by atoms with van der Waals surface area (Å²) >= 11 is 0.926. The summed E-state index contributed by atoms with van der Waals surface area (Å²) in [4.78, 5) is 57.8. The van der Waals surface area contributed by atoms with E-state index in [-0.39, 0.29) is 27.9 Å². The Labute approximate surface area is 199 Å². The number of hydrogen-bond acceptors (Lipinski definition) is 9. The lowest BCUT2D eigenvalue weighted by Crippen LogP contribution is -2.30. The molecule has 2 atom stereocenters. The Bertz CT molecular complexity index is 1280. The number of anilines is 1. The Balaban J connectivity index is 1.79. The minimum Gasteiger partial charge on any atom is -0.496 e. The number of thiazole rings is 1. The van der Waals surface area contributed by atoms with Crippen LogP contribution in [0.4, 0.5) is 5.13 Å². The molecule has 0 saturated carbocycles. The maximum Gasteiger partial charge on any atom is 0.350 e. The van der Waals surface area contributed by atoms with E-state index in [9.17, 15) is 19.2 Å². The van der Waals surface area contributed by atoms with Gasteiger partial charge in [-0.05, 0) is 56.7 Å². The van der Waals surface area contributed by atoms with E-state index in [4.69, 9.17) is 13.9 Å². The average Bonchev–Trinajstić information content (AvgIpc) is 3.52. The van der Waals surface area contributed by atoms with E-state index in [1.54, 1.807) is 51.1 Å². The third kappa shape index (κ3) is 3.90. The van der Waals surface area contributed by atoms with Crippen LogP contribution in [0.3, 0.4) is 0 Å². The Kier molecular flexibility index (Phi) is 6.34. The zero-order chi connectivity index (χ0) is 24.6. The molecule has 0 radical (unpaired) electrons. The van der Waals surface area contributed by atoms with Crippen LogP contribution in [0.1, 0.15) is 50.0 Å². The number of ether oxygens (including phenoxy) is 2. The minimum absolute atomic E-state index is 0.113. The van der Waals surface area contributed by atoms with Crippen LogP contribution in [0.25, 0.3) is 0 Å². The normalized spacial score (nSPS) is 17.8. The molecule has 9 nitrogen and oxygen atoms in total. The van der Waals surface area contributed by atoms with Crippen molar-refractivity contribution in [1.29, 1.82) is 0 Å². The van der Waals surface area contributed by atoms with Gasteiger partial charge < -0.3 is 13.9 Å². The van der Waals surface area contributed by atoms with Crippen molar-refractivity contribution >= 4 is 39.9 Å². The molecule has 1 aliphatic rings. The summed E-state index contributed by atoms with van der Waals surface area (Å²) in [6.07, 6.45) is 1.40. The zero-order valence-electron chi connectivity index (χ0n) is 19.0. The highest BCUT2D eigenvalue weighted by Gasteiger charge is 2.54. The largest absolute Gasteiger partial charge is 0.496 e. The van der Waals surface area contributed by atoms with Gasteiger partial charge in [-0.1, -0.05) is 11.3 Å². The van der Waals surface area contributed by atoms with Crippen molar-refractivity contribution in [2.24, 2.45) is 5.92 Å². The van der Waals surface area contributed by atoms with Crippen LogP contribution >= 0.6 is 11.3 Å². The van der Waals surface area contributed by atoms with Gasteiger partial charge in [0, 0.05) is 5.56 Å². The molecule has 1 amide bonds. The van der Waals surface area contributed by atoms with E-state index < -0.39 is 35.4 Å². The highest BCUT2D eigenvalue weighted by atomic mass is 32.1. The van der Waals surface area contributed by atoms with Crippen molar-refractivity contribution in [3.63, 3.8) is 0 Å². The van der Waals surface area contributed by atoms with Gasteiger partial charge >= 0.3 is 5.97 Å².